The Morgan fingerprint density at radius 2 is 1.56 bits per heavy atom. The molecule has 174 valence electrons. The number of benzene rings is 3. The van der Waals surface area contributed by atoms with Crippen LogP contribution in [0.25, 0.3) is 5.69 Å². The van der Waals surface area contributed by atoms with Gasteiger partial charge in [0.1, 0.15) is 5.56 Å². The maximum absolute atomic E-state index is 13.9. The maximum Gasteiger partial charge on any atom is 0.343 e. The summed E-state index contributed by atoms with van der Waals surface area (Å²) in [5, 5.41) is 4.55. The van der Waals surface area contributed by atoms with Gasteiger partial charge in [-0.25, -0.2) is 22.2 Å². The molecule has 0 aliphatic carbocycles. The molecule has 1 aromatic heterocycles. The third kappa shape index (κ3) is 4.87. The van der Waals surface area contributed by atoms with Gasteiger partial charge >= 0.3 is 5.97 Å². The Bertz CT molecular complexity index is 1370. The molecule has 0 aliphatic heterocycles. The van der Waals surface area contributed by atoms with Crippen molar-refractivity contribution in [2.45, 2.75) is 25.3 Å². The number of hydrogen-bond acceptors (Lipinski definition) is 5. The highest BCUT2D eigenvalue weighted by atomic mass is 32.2. The van der Waals surface area contributed by atoms with Crippen LogP contribution in [0.5, 0.6) is 0 Å². The first kappa shape index (κ1) is 23.3. The van der Waals surface area contributed by atoms with E-state index >= 15 is 0 Å². The Hall–Kier alpha value is -3.91. The van der Waals surface area contributed by atoms with E-state index in [1.165, 1.54) is 15.2 Å². The van der Waals surface area contributed by atoms with Crippen LogP contribution in [0.3, 0.4) is 0 Å². The third-order valence-corrected chi connectivity index (χ3v) is 6.98. The van der Waals surface area contributed by atoms with Gasteiger partial charge in [-0.15, -0.1) is 5.10 Å². The van der Waals surface area contributed by atoms with Gasteiger partial charge in [-0.05, 0) is 43.7 Å². The van der Waals surface area contributed by atoms with E-state index < -0.39 is 16.0 Å². The lowest BCUT2D eigenvalue weighted by molar-refractivity contribution is 0.0527. The zero-order valence-corrected chi connectivity index (χ0v) is 19.8. The predicted molar refractivity (Wildman–Crippen MR) is 131 cm³/mol. The van der Waals surface area contributed by atoms with E-state index in [4.69, 9.17) is 4.74 Å². The van der Waals surface area contributed by atoms with Crippen LogP contribution in [-0.4, -0.2) is 30.8 Å². The van der Waals surface area contributed by atoms with Crippen molar-refractivity contribution in [3.8, 4) is 5.69 Å². The zero-order chi connectivity index (χ0) is 24.1. The number of aryl methyl sites for hydroxylation is 1. The highest BCUT2D eigenvalue weighted by Crippen LogP contribution is 2.29. The van der Waals surface area contributed by atoms with Crippen LogP contribution in [-0.2, 0) is 21.3 Å². The van der Waals surface area contributed by atoms with Crippen molar-refractivity contribution in [2.24, 2.45) is 0 Å². The third-order valence-electron chi connectivity index (χ3n) is 5.23. The fourth-order valence-electron chi connectivity index (χ4n) is 3.48. The molecule has 0 radical (unpaired) electrons. The maximum atomic E-state index is 13.9. The van der Waals surface area contributed by atoms with Gasteiger partial charge in [-0.2, -0.15) is 0 Å². The molecule has 0 spiro atoms. The number of anilines is 1. The van der Waals surface area contributed by atoms with Gasteiger partial charge in [-0.3, -0.25) is 0 Å². The van der Waals surface area contributed by atoms with Crippen molar-refractivity contribution in [1.29, 1.82) is 0 Å². The van der Waals surface area contributed by atoms with Gasteiger partial charge in [0.15, 0.2) is 5.82 Å². The summed E-state index contributed by atoms with van der Waals surface area (Å²) in [5.74, 6) is -0.636. The number of carbonyl (C=O) groups excluding carboxylic acids is 1. The molecule has 0 saturated carbocycles. The van der Waals surface area contributed by atoms with E-state index in [0.29, 0.717) is 5.69 Å². The molecule has 0 fully saturated rings. The normalized spacial score (nSPS) is 11.2. The summed E-state index contributed by atoms with van der Waals surface area (Å²) in [6, 6.07) is 25.0. The first-order valence-electron chi connectivity index (χ1n) is 10.9. The Morgan fingerprint density at radius 3 is 2.18 bits per heavy atom. The first-order chi connectivity index (χ1) is 16.4. The second kappa shape index (κ2) is 9.93. The minimum Gasteiger partial charge on any atom is -0.462 e. The molecule has 1 heterocycles. The highest BCUT2D eigenvalue weighted by Gasteiger charge is 2.32. The highest BCUT2D eigenvalue weighted by molar-refractivity contribution is 7.92. The molecule has 0 amide bonds. The molecule has 3 aromatic carbocycles. The van der Waals surface area contributed by atoms with E-state index in [9.17, 15) is 13.2 Å². The van der Waals surface area contributed by atoms with Crippen molar-refractivity contribution >= 4 is 21.8 Å². The molecule has 8 heteroatoms. The number of sulfonamides is 1. The molecule has 0 unspecified atom stereocenters. The first-order valence-corrected chi connectivity index (χ1v) is 12.3. The zero-order valence-electron chi connectivity index (χ0n) is 19.0. The molecule has 7 nitrogen and oxygen atoms in total. The average Bonchev–Trinajstić information content (AvgIpc) is 3.29. The molecule has 0 saturated heterocycles. The minimum atomic E-state index is -4.06. The Balaban J connectivity index is 1.90. The quantitative estimate of drug-likeness (QED) is 0.344. The topological polar surface area (TPSA) is 81.5 Å². The molecule has 4 aromatic rings. The Kier molecular flexibility index (Phi) is 6.79. The summed E-state index contributed by atoms with van der Waals surface area (Å²) in [7, 11) is -4.06. The summed E-state index contributed by atoms with van der Waals surface area (Å²) in [4.78, 5) is 13.0. The van der Waals surface area contributed by atoms with E-state index in [1.54, 1.807) is 31.2 Å². The minimum absolute atomic E-state index is 0.00470. The Morgan fingerprint density at radius 1 is 0.941 bits per heavy atom. The van der Waals surface area contributed by atoms with Gasteiger partial charge in [0.25, 0.3) is 10.0 Å². The van der Waals surface area contributed by atoms with Crippen molar-refractivity contribution in [2.75, 3.05) is 10.9 Å². The summed E-state index contributed by atoms with van der Waals surface area (Å²) in [6.45, 7) is 3.73. The summed E-state index contributed by atoms with van der Waals surface area (Å²) in [6.07, 6.45) is 1.51. The second-order valence-electron chi connectivity index (χ2n) is 7.68. The summed E-state index contributed by atoms with van der Waals surface area (Å²) in [5.41, 5.74) is 2.44. The number of hydrogen-bond donors (Lipinski definition) is 0. The number of carbonyl (C=O) groups is 1. The number of ether oxygens (including phenoxy) is 1. The fourth-order valence-corrected chi connectivity index (χ4v) is 4.89. The van der Waals surface area contributed by atoms with E-state index in [2.05, 4.69) is 5.10 Å². The molecular formula is C26H25N3O4S. The van der Waals surface area contributed by atoms with Crippen LogP contribution in [0.15, 0.2) is 96.0 Å². The van der Waals surface area contributed by atoms with Gasteiger partial charge < -0.3 is 4.74 Å². The van der Waals surface area contributed by atoms with E-state index in [-0.39, 0.29) is 29.4 Å². The number of para-hydroxylation sites is 1. The van der Waals surface area contributed by atoms with Crippen molar-refractivity contribution in [1.82, 2.24) is 9.78 Å². The Labute approximate surface area is 199 Å². The largest absolute Gasteiger partial charge is 0.462 e. The van der Waals surface area contributed by atoms with Crippen LogP contribution < -0.4 is 4.31 Å². The molecular weight excluding hydrogens is 450 g/mol. The molecule has 34 heavy (non-hydrogen) atoms. The second-order valence-corrected chi connectivity index (χ2v) is 9.54. The van der Waals surface area contributed by atoms with Crippen molar-refractivity contribution in [3.05, 3.63) is 108 Å². The lowest BCUT2D eigenvalue weighted by atomic mass is 10.2. The summed E-state index contributed by atoms with van der Waals surface area (Å²) < 4.78 is 35.6. The average molecular weight is 476 g/mol. The van der Waals surface area contributed by atoms with Crippen LogP contribution in [0.2, 0.25) is 0 Å². The predicted octanol–water partition coefficient (Wildman–Crippen LogP) is 4.75. The number of esters is 1. The standard InChI is InChI=1S/C26H25N3O4S/c1-3-33-26(30)24-19-28(22-12-8-5-9-13-22)27-25(24)29(18-21-10-6-4-7-11-21)34(31,32)23-16-14-20(2)15-17-23/h4-17,19H,3,18H2,1-2H3. The van der Waals surface area contributed by atoms with Gasteiger partial charge in [-0.1, -0.05) is 66.2 Å². The lowest BCUT2D eigenvalue weighted by Gasteiger charge is -2.23. The number of nitrogens with zero attached hydrogens (tertiary/aromatic N) is 3. The van der Waals surface area contributed by atoms with Gasteiger partial charge in [0, 0.05) is 6.20 Å². The van der Waals surface area contributed by atoms with Gasteiger partial charge in [0.05, 0.1) is 23.7 Å². The van der Waals surface area contributed by atoms with Crippen LogP contribution in [0.4, 0.5) is 5.82 Å². The number of rotatable bonds is 8. The molecule has 4 rings (SSSR count). The van der Waals surface area contributed by atoms with Crippen LogP contribution in [0.1, 0.15) is 28.4 Å². The summed E-state index contributed by atoms with van der Waals surface area (Å²) >= 11 is 0. The molecule has 0 bridgehead atoms. The van der Waals surface area contributed by atoms with Crippen LogP contribution in [0, 0.1) is 6.92 Å². The number of aromatic nitrogens is 2. The lowest BCUT2D eigenvalue weighted by Crippen LogP contribution is -2.32. The van der Waals surface area contributed by atoms with Crippen molar-refractivity contribution in [3.63, 3.8) is 0 Å². The van der Waals surface area contributed by atoms with E-state index in [0.717, 1.165) is 11.1 Å². The molecule has 0 aliphatic rings. The van der Waals surface area contributed by atoms with Crippen LogP contribution >= 0.6 is 0 Å². The van der Waals surface area contributed by atoms with E-state index in [1.807, 2.05) is 67.6 Å². The monoisotopic (exact) mass is 475 g/mol. The van der Waals surface area contributed by atoms with Gasteiger partial charge in [0.2, 0.25) is 0 Å². The fraction of sp³-hybridized carbons (Fsp3) is 0.154. The smallest absolute Gasteiger partial charge is 0.343 e. The SMILES string of the molecule is CCOC(=O)c1cn(-c2ccccc2)nc1N(Cc1ccccc1)S(=O)(=O)c1ccc(C)cc1. The molecule has 0 atom stereocenters. The van der Waals surface area contributed by atoms with Crippen molar-refractivity contribution < 1.29 is 17.9 Å². The molecule has 0 N–H and O–H groups in total.